The summed E-state index contributed by atoms with van der Waals surface area (Å²) in [6.45, 7) is 4.65. The minimum atomic E-state index is -0.227. The van der Waals surface area contributed by atoms with Crippen LogP contribution in [-0.4, -0.2) is 25.5 Å². The fraction of sp³-hybridized carbons (Fsp3) is 0.238. The van der Waals surface area contributed by atoms with Gasteiger partial charge in [-0.15, -0.1) is 11.3 Å². The summed E-state index contributed by atoms with van der Waals surface area (Å²) in [4.78, 5) is 14.4. The van der Waals surface area contributed by atoms with Crippen molar-refractivity contribution in [3.8, 4) is 6.07 Å². The molecular weight excluding hydrogens is 455 g/mol. The van der Waals surface area contributed by atoms with E-state index in [1.165, 1.54) is 11.3 Å². The number of hydrogen-bond acceptors (Lipinski definition) is 5. The Morgan fingerprint density at radius 3 is 2.74 bits per heavy atom. The van der Waals surface area contributed by atoms with Gasteiger partial charge in [0.05, 0.1) is 41.8 Å². The molecule has 0 bridgehead atoms. The van der Waals surface area contributed by atoms with Crippen molar-refractivity contribution in [1.29, 1.82) is 5.26 Å². The van der Waals surface area contributed by atoms with Crippen molar-refractivity contribution < 1.29 is 4.79 Å². The molecule has 3 aromatic heterocycles. The summed E-state index contributed by atoms with van der Waals surface area (Å²) in [5.41, 5.74) is 2.51. The van der Waals surface area contributed by atoms with Crippen LogP contribution >= 0.6 is 34.5 Å². The van der Waals surface area contributed by atoms with Crippen molar-refractivity contribution in [3.05, 3.63) is 62.2 Å². The number of nitrogens with one attached hydrogen (secondary N) is 1. The topological polar surface area (TPSA) is 88.5 Å². The Balaban J connectivity index is 1.60. The third-order valence-electron chi connectivity index (χ3n) is 4.75. The van der Waals surface area contributed by atoms with Crippen molar-refractivity contribution in [3.63, 3.8) is 0 Å². The third kappa shape index (κ3) is 4.44. The first kappa shape index (κ1) is 21.4. The van der Waals surface area contributed by atoms with Crippen molar-refractivity contribution in [1.82, 2.24) is 19.6 Å². The lowest BCUT2D eigenvalue weighted by Crippen LogP contribution is -2.14. The van der Waals surface area contributed by atoms with Gasteiger partial charge in [0.1, 0.15) is 10.6 Å². The van der Waals surface area contributed by atoms with Gasteiger partial charge in [-0.05, 0) is 37.6 Å². The van der Waals surface area contributed by atoms with Gasteiger partial charge in [0, 0.05) is 21.5 Å². The molecule has 10 heteroatoms. The molecule has 0 spiro atoms. The molecule has 1 N–H and O–H groups in total. The quantitative estimate of drug-likeness (QED) is 0.404. The third-order valence-corrected chi connectivity index (χ3v) is 6.48. The highest BCUT2D eigenvalue weighted by molar-refractivity contribution is 7.20. The smallest absolute Gasteiger partial charge is 0.266 e. The SMILES string of the molecule is Cc1cc(NC(=O)c2cc3c(C)nn(Cc4ccc(Cl)cc4Cl)c3s2)n(CCC#N)n1. The Hall–Kier alpha value is -2.86. The van der Waals surface area contributed by atoms with Crippen molar-refractivity contribution in [2.45, 2.75) is 33.4 Å². The predicted octanol–water partition coefficient (Wildman–Crippen LogP) is 5.43. The molecular formula is C21H18Cl2N6OS. The summed E-state index contributed by atoms with van der Waals surface area (Å²) in [5, 5.41) is 22.8. The van der Waals surface area contributed by atoms with Crippen LogP contribution < -0.4 is 5.32 Å². The van der Waals surface area contributed by atoms with Gasteiger partial charge in [-0.3, -0.25) is 9.48 Å². The summed E-state index contributed by atoms with van der Waals surface area (Å²) >= 11 is 13.7. The van der Waals surface area contributed by atoms with Gasteiger partial charge in [-0.2, -0.15) is 15.5 Å². The maximum atomic E-state index is 12.9. The molecule has 0 radical (unpaired) electrons. The fourth-order valence-electron chi connectivity index (χ4n) is 3.29. The number of fused-ring (bicyclic) bond motifs is 1. The molecule has 4 aromatic rings. The summed E-state index contributed by atoms with van der Waals surface area (Å²) < 4.78 is 3.49. The zero-order chi connectivity index (χ0) is 22.1. The fourth-order valence-corrected chi connectivity index (χ4v) is 4.82. The van der Waals surface area contributed by atoms with E-state index in [2.05, 4.69) is 21.6 Å². The number of halogens is 2. The number of nitrogens with zero attached hydrogens (tertiary/aromatic N) is 5. The Labute approximate surface area is 192 Å². The van der Waals surface area contributed by atoms with E-state index in [9.17, 15) is 4.79 Å². The van der Waals surface area contributed by atoms with E-state index in [0.29, 0.717) is 40.3 Å². The van der Waals surface area contributed by atoms with Crippen LogP contribution in [0.1, 0.15) is 33.0 Å². The van der Waals surface area contributed by atoms with Crippen molar-refractivity contribution in [2.75, 3.05) is 5.32 Å². The van der Waals surface area contributed by atoms with E-state index in [0.717, 1.165) is 27.2 Å². The van der Waals surface area contributed by atoms with Crippen LogP contribution in [0, 0.1) is 25.2 Å². The minimum Gasteiger partial charge on any atom is -0.306 e. The molecule has 31 heavy (non-hydrogen) atoms. The molecule has 0 saturated heterocycles. The summed E-state index contributed by atoms with van der Waals surface area (Å²) in [7, 11) is 0. The summed E-state index contributed by atoms with van der Waals surface area (Å²) in [6.07, 6.45) is 0.315. The Bertz CT molecular complexity index is 1330. The van der Waals surface area contributed by atoms with E-state index in [4.69, 9.17) is 28.5 Å². The highest BCUT2D eigenvalue weighted by Gasteiger charge is 2.18. The number of amides is 1. The first-order valence-corrected chi connectivity index (χ1v) is 11.1. The molecule has 7 nitrogen and oxygen atoms in total. The number of anilines is 1. The van der Waals surface area contributed by atoms with Gasteiger partial charge in [0.2, 0.25) is 0 Å². The molecule has 0 aliphatic carbocycles. The molecule has 3 heterocycles. The molecule has 0 aliphatic heterocycles. The number of nitriles is 1. The lowest BCUT2D eigenvalue weighted by Gasteiger charge is -2.07. The number of aryl methyl sites for hydroxylation is 3. The predicted molar refractivity (Wildman–Crippen MR) is 123 cm³/mol. The molecule has 4 rings (SSSR count). The second kappa shape index (κ2) is 8.71. The van der Waals surface area contributed by atoms with Gasteiger partial charge in [0.25, 0.3) is 5.91 Å². The molecule has 0 saturated carbocycles. The molecule has 0 unspecified atom stereocenters. The highest BCUT2D eigenvalue weighted by atomic mass is 35.5. The van der Waals surface area contributed by atoms with Gasteiger partial charge in [-0.25, -0.2) is 4.68 Å². The first-order chi connectivity index (χ1) is 14.9. The van der Waals surface area contributed by atoms with Gasteiger partial charge in [0.15, 0.2) is 0 Å². The number of carbonyl (C=O) groups is 1. The van der Waals surface area contributed by atoms with E-state index in [-0.39, 0.29) is 5.91 Å². The molecule has 0 fully saturated rings. The Morgan fingerprint density at radius 1 is 1.19 bits per heavy atom. The van der Waals surface area contributed by atoms with Crippen LogP contribution in [0.2, 0.25) is 10.0 Å². The van der Waals surface area contributed by atoms with Crippen LogP contribution in [0.5, 0.6) is 0 Å². The van der Waals surface area contributed by atoms with Crippen LogP contribution in [0.4, 0.5) is 5.82 Å². The van der Waals surface area contributed by atoms with Crippen LogP contribution in [0.25, 0.3) is 10.2 Å². The average Bonchev–Trinajstić information content (AvgIpc) is 3.38. The second-order valence-electron chi connectivity index (χ2n) is 7.06. The Kier molecular flexibility index (Phi) is 6.01. The maximum Gasteiger partial charge on any atom is 0.266 e. The van der Waals surface area contributed by atoms with Crippen LogP contribution in [-0.2, 0) is 13.1 Å². The monoisotopic (exact) mass is 472 g/mol. The lowest BCUT2D eigenvalue weighted by molar-refractivity contribution is 0.102. The van der Waals surface area contributed by atoms with E-state index in [1.807, 2.05) is 30.7 Å². The Morgan fingerprint density at radius 2 is 2.00 bits per heavy atom. The molecule has 1 aromatic carbocycles. The summed E-state index contributed by atoms with van der Waals surface area (Å²) in [6, 6.07) is 11.1. The normalized spacial score (nSPS) is 11.1. The van der Waals surface area contributed by atoms with Gasteiger partial charge in [-0.1, -0.05) is 29.3 Å². The molecule has 0 atom stereocenters. The highest BCUT2D eigenvalue weighted by Crippen LogP contribution is 2.31. The van der Waals surface area contributed by atoms with Crippen LogP contribution in [0.3, 0.4) is 0 Å². The largest absolute Gasteiger partial charge is 0.306 e. The van der Waals surface area contributed by atoms with E-state index < -0.39 is 0 Å². The van der Waals surface area contributed by atoms with Crippen molar-refractivity contribution >= 4 is 56.5 Å². The zero-order valence-corrected chi connectivity index (χ0v) is 19.1. The van der Waals surface area contributed by atoms with Gasteiger partial charge < -0.3 is 5.32 Å². The lowest BCUT2D eigenvalue weighted by atomic mass is 10.2. The number of rotatable bonds is 6. The number of hydrogen-bond donors (Lipinski definition) is 1. The van der Waals surface area contributed by atoms with E-state index in [1.54, 1.807) is 22.9 Å². The summed E-state index contributed by atoms with van der Waals surface area (Å²) in [5.74, 6) is 0.344. The van der Waals surface area contributed by atoms with E-state index >= 15 is 0 Å². The standard InChI is InChI=1S/C21H18Cl2N6OS/c1-12-8-19(28(26-12)7-3-6-24)25-20(30)18-10-16-13(2)27-29(21(16)31-18)11-14-4-5-15(22)9-17(14)23/h4-5,8-10H,3,7,11H2,1-2H3,(H,25,30). The minimum absolute atomic E-state index is 0.227. The molecule has 1 amide bonds. The number of thiophene rings is 1. The average molecular weight is 473 g/mol. The van der Waals surface area contributed by atoms with Gasteiger partial charge >= 0.3 is 0 Å². The number of benzene rings is 1. The van der Waals surface area contributed by atoms with Crippen LogP contribution in [0.15, 0.2) is 30.3 Å². The number of aromatic nitrogens is 4. The maximum absolute atomic E-state index is 12.9. The van der Waals surface area contributed by atoms with Crippen molar-refractivity contribution in [2.24, 2.45) is 0 Å². The first-order valence-electron chi connectivity index (χ1n) is 9.49. The molecule has 158 valence electrons. The number of carbonyl (C=O) groups excluding carboxylic acids is 1. The molecule has 0 aliphatic rings. The zero-order valence-electron chi connectivity index (χ0n) is 16.8. The second-order valence-corrected chi connectivity index (χ2v) is 8.94.